The number of carbonyl (C=O) groups is 3. The monoisotopic (exact) mass is 840 g/mol. The minimum atomic E-state index is -1.26. The number of H-pyrrole nitrogens is 1. The number of piperidine rings is 1. The number of nitrogens with zero attached hydrogens (tertiary/aromatic N) is 1. The summed E-state index contributed by atoms with van der Waals surface area (Å²) in [6.07, 6.45) is 9.28. The molecule has 0 bridgehead atoms. The van der Waals surface area contributed by atoms with Crippen molar-refractivity contribution in [1.29, 1.82) is 0 Å². The molecule has 0 unspecified atom stereocenters. The fourth-order valence-electron chi connectivity index (χ4n) is 10.5. The maximum Gasteiger partial charge on any atom is 0.375 e. The van der Waals surface area contributed by atoms with Gasteiger partial charge in [-0.1, -0.05) is 18.1 Å². The van der Waals surface area contributed by atoms with Gasteiger partial charge in [-0.3, -0.25) is 9.59 Å². The molecule has 13 nitrogen and oxygen atoms in total. The molecule has 5 aliphatic rings. The molecule has 4 atom stereocenters. The highest BCUT2D eigenvalue weighted by Crippen LogP contribution is 2.57. The number of aromatic amines is 1. The number of ketones is 1. The number of Topliss-reactive ketones (excluding diaryl/α,β-unsaturated/α-hetero) is 1. The van der Waals surface area contributed by atoms with Gasteiger partial charge in [0, 0.05) is 61.4 Å². The van der Waals surface area contributed by atoms with Crippen LogP contribution in [0.4, 0.5) is 0 Å². The number of aldehydes is 1. The highest BCUT2D eigenvalue weighted by Gasteiger charge is 2.50. The van der Waals surface area contributed by atoms with Crippen LogP contribution in [-0.4, -0.2) is 108 Å². The summed E-state index contributed by atoms with van der Waals surface area (Å²) in [5.74, 6) is -1.97. The second-order valence-corrected chi connectivity index (χ2v) is 17.6. The Kier molecular flexibility index (Phi) is 13.0. The second-order valence-electron chi connectivity index (χ2n) is 17.6. The molecule has 3 aromatic rings. The van der Waals surface area contributed by atoms with E-state index in [0.717, 1.165) is 87.5 Å². The lowest BCUT2D eigenvalue weighted by Gasteiger charge is -2.42. The molecule has 2 aliphatic carbocycles. The molecule has 1 aromatic heterocycles. The van der Waals surface area contributed by atoms with Crippen molar-refractivity contribution < 1.29 is 53.4 Å². The van der Waals surface area contributed by atoms with Crippen molar-refractivity contribution >= 4 is 34.5 Å². The van der Waals surface area contributed by atoms with Crippen LogP contribution in [0.1, 0.15) is 106 Å². The van der Waals surface area contributed by atoms with Crippen LogP contribution in [0.15, 0.2) is 47.4 Å². The number of fused-ring (bicyclic) bond motifs is 3. The third-order valence-electron chi connectivity index (χ3n) is 13.9. The third kappa shape index (κ3) is 8.27. The van der Waals surface area contributed by atoms with E-state index >= 15 is 0 Å². The molecule has 0 spiro atoms. The standard InChI is InChI=1S/C48H60N2O11/c1-4-58-47(55)46-36(26-52)40(30-22-31(25-51)42(54)34(23-30)28-11-12-38-29(21-28)13-16-49-38)41-44(59-33-9-6-5-7-10-33)35-24-39(60-43(35)37(27-53)45(41)61-46)48(2,56)32-14-18-50(19-15-32)17-8-20-57-3/h11-13,16,21,26,31-34,39,49,51,53,56H,4-10,14-15,17-20,22-25,27H2,1-3H3/b40-30-/t31-,34-,39+,48-/m1/s1. The van der Waals surface area contributed by atoms with E-state index < -0.39 is 42.7 Å². The zero-order valence-electron chi connectivity index (χ0n) is 35.6. The van der Waals surface area contributed by atoms with Gasteiger partial charge in [0.1, 0.15) is 34.7 Å². The number of aliphatic hydroxyl groups excluding tert-OH is 2. The van der Waals surface area contributed by atoms with Gasteiger partial charge in [-0.2, -0.15) is 0 Å². The Morgan fingerprint density at radius 2 is 1.84 bits per heavy atom. The Bertz CT molecular complexity index is 2190. The van der Waals surface area contributed by atoms with Crippen molar-refractivity contribution in [2.75, 3.05) is 46.6 Å². The van der Waals surface area contributed by atoms with E-state index in [1.807, 2.05) is 37.4 Å². The number of methoxy groups -OCH3 is 1. The summed E-state index contributed by atoms with van der Waals surface area (Å²) in [4.78, 5) is 47.1. The number of hydrogen-bond donors (Lipinski definition) is 4. The highest BCUT2D eigenvalue weighted by molar-refractivity contribution is 6.11. The second kappa shape index (κ2) is 18.4. The van der Waals surface area contributed by atoms with Crippen LogP contribution >= 0.6 is 0 Å². The van der Waals surface area contributed by atoms with Gasteiger partial charge in [-0.15, -0.1) is 0 Å². The third-order valence-corrected chi connectivity index (χ3v) is 13.9. The molecule has 3 aliphatic heterocycles. The quantitative estimate of drug-likeness (QED) is 0.0836. The number of rotatable bonds is 14. The summed E-state index contributed by atoms with van der Waals surface area (Å²) < 4.78 is 31.1. The Hall–Kier alpha value is -4.53. The van der Waals surface area contributed by atoms with Gasteiger partial charge in [-0.25, -0.2) is 4.79 Å². The topological polar surface area (TPSA) is 177 Å². The number of allylic oxidation sites excluding steroid dienone is 3. The van der Waals surface area contributed by atoms with E-state index in [-0.39, 0.29) is 66.3 Å². The first-order valence-electron chi connectivity index (χ1n) is 22.2. The molecule has 0 radical (unpaired) electrons. The van der Waals surface area contributed by atoms with E-state index in [1.165, 1.54) is 0 Å². The van der Waals surface area contributed by atoms with E-state index in [4.69, 9.17) is 23.7 Å². The molecular formula is C48H60N2O11. The van der Waals surface area contributed by atoms with E-state index in [2.05, 4.69) is 9.88 Å². The first kappa shape index (κ1) is 43.1. The molecule has 328 valence electrons. The summed E-state index contributed by atoms with van der Waals surface area (Å²) in [7, 11) is 1.71. The van der Waals surface area contributed by atoms with Crippen molar-refractivity contribution in [1.82, 2.24) is 9.88 Å². The minimum absolute atomic E-state index is 0.0143. The van der Waals surface area contributed by atoms with Gasteiger partial charge >= 0.3 is 5.97 Å². The molecule has 61 heavy (non-hydrogen) atoms. The Morgan fingerprint density at radius 3 is 2.54 bits per heavy atom. The van der Waals surface area contributed by atoms with Crippen molar-refractivity contribution in [3.05, 3.63) is 69.6 Å². The van der Waals surface area contributed by atoms with Gasteiger partial charge in [0.05, 0.1) is 42.6 Å². The van der Waals surface area contributed by atoms with Crippen molar-refractivity contribution in [2.24, 2.45) is 11.8 Å². The van der Waals surface area contributed by atoms with Crippen molar-refractivity contribution in [3.63, 3.8) is 0 Å². The number of benzene rings is 2. The molecule has 8 rings (SSSR count). The van der Waals surface area contributed by atoms with E-state index in [0.29, 0.717) is 46.7 Å². The molecule has 4 N–H and O–H groups in total. The van der Waals surface area contributed by atoms with Gasteiger partial charge in [-0.05, 0) is 120 Å². The molecule has 4 heterocycles. The fourth-order valence-corrected chi connectivity index (χ4v) is 10.5. The molecular weight excluding hydrogens is 781 g/mol. The van der Waals surface area contributed by atoms with Crippen LogP contribution in [0.5, 0.6) is 17.2 Å². The van der Waals surface area contributed by atoms with E-state index in [1.54, 1.807) is 14.0 Å². The number of hydrogen-bond acceptors (Lipinski definition) is 12. The normalized spacial score (nSPS) is 24.8. The lowest BCUT2D eigenvalue weighted by atomic mass is 9.71. The Morgan fingerprint density at radius 1 is 1.05 bits per heavy atom. The molecule has 2 aromatic carbocycles. The lowest BCUT2D eigenvalue weighted by molar-refractivity contribution is -0.141. The minimum Gasteiger partial charge on any atom is -0.489 e. The van der Waals surface area contributed by atoms with Crippen LogP contribution in [0.3, 0.4) is 0 Å². The molecule has 13 heteroatoms. The van der Waals surface area contributed by atoms with Crippen molar-refractivity contribution in [3.8, 4) is 17.2 Å². The SMILES string of the molecule is CCOC(=O)C1=C(C=O)/C(=C2\C[C@H](CO)C(=O)[C@@H](c3ccc4[nH]ccc4c3)C2)c2c(c(CO)c3c(c2OC2CCCCC2)C[C@@H]([C@](C)(O)C2CCN(CCCOC)CC2)O3)O1. The summed E-state index contributed by atoms with van der Waals surface area (Å²) in [5.41, 5.74) is 2.74. The predicted octanol–water partition coefficient (Wildman–Crippen LogP) is 6.09. The van der Waals surface area contributed by atoms with Crippen LogP contribution in [0.2, 0.25) is 0 Å². The maximum absolute atomic E-state index is 14.2. The van der Waals surface area contributed by atoms with Crippen LogP contribution in [-0.2, 0) is 36.9 Å². The fraction of sp³-hybridized carbons (Fsp3) is 0.562. The molecule has 2 saturated carbocycles. The summed E-state index contributed by atoms with van der Waals surface area (Å²) in [6.45, 7) is 5.86. The number of nitrogens with one attached hydrogen (secondary N) is 1. The first-order chi connectivity index (χ1) is 29.6. The number of aliphatic hydroxyl groups is 3. The summed E-state index contributed by atoms with van der Waals surface area (Å²) in [6, 6.07) is 7.74. The number of likely N-dealkylation sites (tertiary alicyclic amines) is 1. The predicted molar refractivity (Wildman–Crippen MR) is 227 cm³/mol. The summed E-state index contributed by atoms with van der Waals surface area (Å²) >= 11 is 0. The number of esters is 1. The van der Waals surface area contributed by atoms with Gasteiger partial charge in [0.15, 0.2) is 6.29 Å². The van der Waals surface area contributed by atoms with Gasteiger partial charge in [0.25, 0.3) is 0 Å². The van der Waals surface area contributed by atoms with Crippen LogP contribution in [0.25, 0.3) is 16.5 Å². The smallest absolute Gasteiger partial charge is 0.375 e. The van der Waals surface area contributed by atoms with Crippen molar-refractivity contribution in [2.45, 2.75) is 115 Å². The zero-order chi connectivity index (χ0) is 42.8. The lowest BCUT2D eigenvalue weighted by Crippen LogP contribution is -2.52. The van der Waals surface area contributed by atoms with E-state index in [9.17, 15) is 29.7 Å². The number of carbonyl (C=O) groups excluding carboxylic acids is 3. The maximum atomic E-state index is 14.2. The average molecular weight is 841 g/mol. The Balaban J connectivity index is 1.28. The highest BCUT2D eigenvalue weighted by atomic mass is 16.6. The summed E-state index contributed by atoms with van der Waals surface area (Å²) in [5, 5.41) is 35.4. The van der Waals surface area contributed by atoms with Gasteiger partial charge < -0.3 is 48.9 Å². The average Bonchev–Trinajstić information content (AvgIpc) is 3.95. The van der Waals surface area contributed by atoms with Crippen LogP contribution in [0, 0.1) is 11.8 Å². The van der Waals surface area contributed by atoms with Gasteiger partial charge in [0.2, 0.25) is 5.76 Å². The molecule has 0 amide bonds. The number of ether oxygens (including phenoxy) is 5. The molecule has 3 fully saturated rings. The zero-order valence-corrected chi connectivity index (χ0v) is 35.6. The number of aromatic nitrogens is 1. The largest absolute Gasteiger partial charge is 0.489 e. The Labute approximate surface area is 357 Å². The first-order valence-corrected chi connectivity index (χ1v) is 22.2. The van der Waals surface area contributed by atoms with Crippen LogP contribution < -0.4 is 14.2 Å². The molecule has 1 saturated heterocycles.